The number of benzene rings is 1. The lowest BCUT2D eigenvalue weighted by molar-refractivity contribution is 0.375. The lowest BCUT2D eigenvalue weighted by atomic mass is 10.1. The van der Waals surface area contributed by atoms with Crippen LogP contribution in [0.25, 0.3) is 22.3 Å². The summed E-state index contributed by atoms with van der Waals surface area (Å²) in [6.45, 7) is 4.07. The van der Waals surface area contributed by atoms with Gasteiger partial charge in [-0.1, -0.05) is 36.7 Å². The molecule has 0 spiro atoms. The zero-order chi connectivity index (χ0) is 14.8. The van der Waals surface area contributed by atoms with Crippen molar-refractivity contribution in [2.75, 3.05) is 0 Å². The van der Waals surface area contributed by atoms with Crippen molar-refractivity contribution < 1.29 is 4.52 Å². The van der Waals surface area contributed by atoms with Gasteiger partial charge in [0, 0.05) is 6.42 Å². The van der Waals surface area contributed by atoms with Crippen LogP contribution >= 0.6 is 0 Å². The van der Waals surface area contributed by atoms with Crippen molar-refractivity contribution in [2.24, 2.45) is 0 Å². The SMILES string of the molecule is CCCCc1nc(-c2cc3cccc(C)c3[nH]c2=O)no1. The van der Waals surface area contributed by atoms with Gasteiger partial charge in [0.05, 0.1) is 11.1 Å². The van der Waals surface area contributed by atoms with Crippen LogP contribution in [0.2, 0.25) is 0 Å². The van der Waals surface area contributed by atoms with E-state index in [-0.39, 0.29) is 5.56 Å². The molecule has 3 aromatic rings. The van der Waals surface area contributed by atoms with Gasteiger partial charge in [0.15, 0.2) is 0 Å². The predicted octanol–water partition coefficient (Wildman–Crippen LogP) is 3.23. The largest absolute Gasteiger partial charge is 0.339 e. The van der Waals surface area contributed by atoms with Crippen molar-refractivity contribution in [3.05, 3.63) is 46.1 Å². The highest BCUT2D eigenvalue weighted by Gasteiger charge is 2.13. The minimum Gasteiger partial charge on any atom is -0.339 e. The molecule has 2 heterocycles. The van der Waals surface area contributed by atoms with Crippen molar-refractivity contribution in [3.63, 3.8) is 0 Å². The molecule has 0 fully saturated rings. The monoisotopic (exact) mass is 283 g/mol. The van der Waals surface area contributed by atoms with Gasteiger partial charge < -0.3 is 9.51 Å². The van der Waals surface area contributed by atoms with Gasteiger partial charge in [-0.15, -0.1) is 0 Å². The molecule has 0 aliphatic heterocycles. The van der Waals surface area contributed by atoms with E-state index in [4.69, 9.17) is 4.52 Å². The number of unbranched alkanes of at least 4 members (excludes halogenated alkanes) is 1. The lowest BCUT2D eigenvalue weighted by Gasteiger charge is -2.02. The van der Waals surface area contributed by atoms with Gasteiger partial charge in [-0.2, -0.15) is 4.98 Å². The highest BCUT2D eigenvalue weighted by atomic mass is 16.5. The first-order valence-electron chi connectivity index (χ1n) is 7.14. The van der Waals surface area contributed by atoms with E-state index in [2.05, 4.69) is 22.0 Å². The van der Waals surface area contributed by atoms with Crippen molar-refractivity contribution in [1.29, 1.82) is 0 Å². The van der Waals surface area contributed by atoms with Crippen molar-refractivity contribution >= 4 is 10.9 Å². The molecule has 1 aromatic carbocycles. The van der Waals surface area contributed by atoms with Gasteiger partial charge in [0.2, 0.25) is 11.7 Å². The molecule has 5 heteroatoms. The summed E-state index contributed by atoms with van der Waals surface area (Å²) < 4.78 is 5.20. The third-order valence-corrected chi connectivity index (χ3v) is 3.54. The first kappa shape index (κ1) is 13.5. The van der Waals surface area contributed by atoms with Crippen LogP contribution in [-0.2, 0) is 6.42 Å². The molecule has 5 nitrogen and oxygen atoms in total. The van der Waals surface area contributed by atoms with Gasteiger partial charge in [-0.05, 0) is 30.4 Å². The minimum atomic E-state index is -0.195. The Hall–Kier alpha value is -2.43. The van der Waals surface area contributed by atoms with Gasteiger partial charge in [-0.3, -0.25) is 4.79 Å². The fraction of sp³-hybridized carbons (Fsp3) is 0.312. The Morgan fingerprint density at radius 1 is 1.33 bits per heavy atom. The van der Waals surface area contributed by atoms with E-state index >= 15 is 0 Å². The second-order valence-corrected chi connectivity index (χ2v) is 5.17. The molecule has 0 aliphatic rings. The average Bonchev–Trinajstić information content (AvgIpc) is 2.94. The zero-order valence-electron chi connectivity index (χ0n) is 12.1. The number of hydrogen-bond acceptors (Lipinski definition) is 4. The molecule has 0 atom stereocenters. The Balaban J connectivity index is 2.06. The highest BCUT2D eigenvalue weighted by Crippen LogP contribution is 2.19. The molecular weight excluding hydrogens is 266 g/mol. The maximum Gasteiger partial charge on any atom is 0.259 e. The molecule has 0 radical (unpaired) electrons. The van der Waals surface area contributed by atoms with Crippen LogP contribution in [0.3, 0.4) is 0 Å². The van der Waals surface area contributed by atoms with Crippen LogP contribution in [0, 0.1) is 6.92 Å². The minimum absolute atomic E-state index is 0.195. The summed E-state index contributed by atoms with van der Waals surface area (Å²) in [5.74, 6) is 0.932. The van der Waals surface area contributed by atoms with Crippen molar-refractivity contribution in [2.45, 2.75) is 33.1 Å². The van der Waals surface area contributed by atoms with Crippen LogP contribution in [-0.4, -0.2) is 15.1 Å². The number of aryl methyl sites for hydroxylation is 2. The zero-order valence-corrected chi connectivity index (χ0v) is 12.1. The molecule has 1 N–H and O–H groups in total. The molecule has 2 aromatic heterocycles. The number of aromatic amines is 1. The standard InChI is InChI=1S/C16H17N3O2/c1-3-4-8-13-17-15(19-21-13)12-9-11-7-5-6-10(2)14(11)18-16(12)20/h5-7,9H,3-4,8H2,1-2H3,(H,18,20). The first-order chi connectivity index (χ1) is 10.2. The number of pyridine rings is 1. The quantitative estimate of drug-likeness (QED) is 0.798. The number of rotatable bonds is 4. The number of aromatic nitrogens is 3. The van der Waals surface area contributed by atoms with Crippen LogP contribution < -0.4 is 5.56 Å². The highest BCUT2D eigenvalue weighted by molar-refractivity contribution is 5.84. The first-order valence-corrected chi connectivity index (χ1v) is 7.14. The number of hydrogen-bond donors (Lipinski definition) is 1. The summed E-state index contributed by atoms with van der Waals surface area (Å²) in [5, 5.41) is 4.89. The summed E-state index contributed by atoms with van der Waals surface area (Å²) in [4.78, 5) is 19.4. The summed E-state index contributed by atoms with van der Waals surface area (Å²) in [6, 6.07) is 7.70. The maximum absolute atomic E-state index is 12.2. The summed E-state index contributed by atoms with van der Waals surface area (Å²) in [6.07, 6.45) is 2.80. The topological polar surface area (TPSA) is 71.8 Å². The molecule has 21 heavy (non-hydrogen) atoms. The van der Waals surface area contributed by atoms with Crippen molar-refractivity contribution in [1.82, 2.24) is 15.1 Å². The second-order valence-electron chi connectivity index (χ2n) is 5.17. The van der Waals surface area contributed by atoms with Gasteiger partial charge in [0.25, 0.3) is 5.56 Å². The number of nitrogens with one attached hydrogen (secondary N) is 1. The van der Waals surface area contributed by atoms with Crippen LogP contribution in [0.1, 0.15) is 31.2 Å². The van der Waals surface area contributed by atoms with E-state index in [0.717, 1.165) is 35.7 Å². The van der Waals surface area contributed by atoms with E-state index in [9.17, 15) is 4.79 Å². The average molecular weight is 283 g/mol. The number of fused-ring (bicyclic) bond motifs is 1. The molecule has 108 valence electrons. The fourth-order valence-corrected chi connectivity index (χ4v) is 2.34. The Morgan fingerprint density at radius 3 is 3.00 bits per heavy atom. The summed E-state index contributed by atoms with van der Waals surface area (Å²) in [5.41, 5.74) is 2.13. The Kier molecular flexibility index (Phi) is 3.56. The predicted molar refractivity (Wildman–Crippen MR) is 81.2 cm³/mol. The van der Waals surface area contributed by atoms with Gasteiger partial charge in [-0.25, -0.2) is 0 Å². The summed E-state index contributed by atoms with van der Waals surface area (Å²) >= 11 is 0. The number of nitrogens with zero attached hydrogens (tertiary/aromatic N) is 2. The number of para-hydroxylation sites is 1. The Morgan fingerprint density at radius 2 is 2.19 bits per heavy atom. The normalized spacial score (nSPS) is 11.1. The molecule has 0 unspecified atom stereocenters. The van der Waals surface area contributed by atoms with E-state index in [1.807, 2.05) is 31.2 Å². The third kappa shape index (κ3) is 2.59. The molecule has 0 bridgehead atoms. The van der Waals surface area contributed by atoms with E-state index in [1.165, 1.54) is 0 Å². The van der Waals surface area contributed by atoms with Crippen LogP contribution in [0.4, 0.5) is 0 Å². The van der Waals surface area contributed by atoms with Gasteiger partial charge in [0.1, 0.15) is 0 Å². The van der Waals surface area contributed by atoms with E-state index < -0.39 is 0 Å². The molecule has 0 saturated heterocycles. The van der Waals surface area contributed by atoms with E-state index in [0.29, 0.717) is 17.3 Å². The number of H-pyrrole nitrogens is 1. The Labute approximate surface area is 122 Å². The smallest absolute Gasteiger partial charge is 0.259 e. The fourth-order valence-electron chi connectivity index (χ4n) is 2.34. The van der Waals surface area contributed by atoms with Crippen LogP contribution in [0.5, 0.6) is 0 Å². The van der Waals surface area contributed by atoms with E-state index in [1.54, 1.807) is 0 Å². The Bertz CT molecular complexity index is 833. The molecule has 0 saturated carbocycles. The molecular formula is C16H17N3O2. The van der Waals surface area contributed by atoms with Crippen molar-refractivity contribution in [3.8, 4) is 11.4 Å². The molecule has 0 aliphatic carbocycles. The lowest BCUT2D eigenvalue weighted by Crippen LogP contribution is -2.10. The summed E-state index contributed by atoms with van der Waals surface area (Å²) in [7, 11) is 0. The molecule has 0 amide bonds. The molecule has 3 rings (SSSR count). The van der Waals surface area contributed by atoms with Crippen LogP contribution in [0.15, 0.2) is 33.6 Å². The second kappa shape index (κ2) is 5.52. The third-order valence-electron chi connectivity index (χ3n) is 3.54. The van der Waals surface area contributed by atoms with Gasteiger partial charge >= 0.3 is 0 Å². The maximum atomic E-state index is 12.2.